The topological polar surface area (TPSA) is 189 Å². The van der Waals surface area contributed by atoms with Crippen molar-refractivity contribution in [3.8, 4) is 0 Å². The number of nitrogens with one attached hydrogen (secondary N) is 1. The van der Waals surface area contributed by atoms with Crippen molar-refractivity contribution in [1.82, 2.24) is 5.32 Å². The molecule has 1 aliphatic rings. The first-order valence-corrected chi connectivity index (χ1v) is 32.1. The lowest BCUT2D eigenvalue weighted by atomic mass is 9.98. The highest BCUT2D eigenvalue weighted by Gasteiger charge is 2.44. The molecular formula is C63H123NO10. The van der Waals surface area contributed by atoms with E-state index in [1.54, 1.807) is 0 Å². The zero-order chi connectivity index (χ0) is 54.0. The summed E-state index contributed by atoms with van der Waals surface area (Å²) in [5, 5.41) is 76.4. The standard InChI is InChI=1S/C63H123NO10/c1-3-5-7-9-11-13-15-17-19-21-23-25-26-27-28-29-30-31-33-35-37-39-41-43-45-47-49-51-56(67)62(72)64-54(53-73-63-61(71)60(70)59(69)57(52-65)74-63)58(68)55(66)50-48-46-44-42-40-38-36-34-32-24-22-20-18-16-14-12-10-8-6-4-2/h27-28,54-61,63,65-71H,3-26,29-53H2,1-2H3,(H,64,72)/b28-27-. The Bertz CT molecular complexity index is 1210. The van der Waals surface area contributed by atoms with Gasteiger partial charge in [0.1, 0.15) is 36.6 Å². The minimum absolute atomic E-state index is 0.263. The SMILES string of the molecule is CCCCCCCCCCCCCC/C=C\CCCCCCCCCCCCCC(O)C(=O)NC(COC1OC(CO)C(O)C(O)C1O)C(O)C(O)CCCCCCCCCCCCCCCCCCCCCC. The average molecular weight is 1050 g/mol. The van der Waals surface area contributed by atoms with Crippen LogP contribution in [-0.2, 0) is 14.3 Å². The molecule has 440 valence electrons. The Hall–Kier alpha value is -1.15. The average Bonchev–Trinajstić information content (AvgIpc) is 3.40. The molecule has 11 nitrogen and oxygen atoms in total. The maximum absolute atomic E-state index is 13.2. The minimum atomic E-state index is -1.66. The predicted molar refractivity (Wildman–Crippen MR) is 307 cm³/mol. The Kier molecular flexibility index (Phi) is 50.3. The molecule has 0 bridgehead atoms. The van der Waals surface area contributed by atoms with Gasteiger partial charge in [-0.1, -0.05) is 289 Å². The summed E-state index contributed by atoms with van der Waals surface area (Å²) in [6.07, 6.45) is 51.3. The Morgan fingerprint density at radius 1 is 0.459 bits per heavy atom. The monoisotopic (exact) mass is 1050 g/mol. The normalized spacial score (nSPS) is 19.8. The fourth-order valence-electron chi connectivity index (χ4n) is 10.6. The molecule has 8 N–H and O–H groups in total. The van der Waals surface area contributed by atoms with Crippen LogP contribution in [0.4, 0.5) is 0 Å². The van der Waals surface area contributed by atoms with E-state index in [9.17, 15) is 40.5 Å². The number of carbonyl (C=O) groups is 1. The van der Waals surface area contributed by atoms with Crippen LogP contribution >= 0.6 is 0 Å². The van der Waals surface area contributed by atoms with Crippen molar-refractivity contribution in [2.45, 2.75) is 371 Å². The number of rotatable bonds is 56. The summed E-state index contributed by atoms with van der Waals surface area (Å²) in [7, 11) is 0. The number of carbonyl (C=O) groups excluding carboxylic acids is 1. The Balaban J connectivity index is 2.24. The van der Waals surface area contributed by atoms with Crippen molar-refractivity contribution in [2.24, 2.45) is 0 Å². The molecule has 0 radical (unpaired) electrons. The molecule has 74 heavy (non-hydrogen) atoms. The van der Waals surface area contributed by atoms with Gasteiger partial charge < -0.3 is 50.5 Å². The zero-order valence-corrected chi connectivity index (χ0v) is 48.4. The van der Waals surface area contributed by atoms with Gasteiger partial charge in [-0.05, 0) is 38.5 Å². The van der Waals surface area contributed by atoms with Crippen LogP contribution in [0.2, 0.25) is 0 Å². The summed E-state index contributed by atoms with van der Waals surface area (Å²) >= 11 is 0. The minimum Gasteiger partial charge on any atom is -0.394 e. The first-order valence-electron chi connectivity index (χ1n) is 32.1. The van der Waals surface area contributed by atoms with Crippen LogP contribution in [-0.4, -0.2) is 110 Å². The maximum atomic E-state index is 13.2. The van der Waals surface area contributed by atoms with Crippen molar-refractivity contribution in [3.05, 3.63) is 12.2 Å². The number of allylic oxidation sites excluding steroid dienone is 2. The second-order valence-corrected chi connectivity index (χ2v) is 22.8. The Morgan fingerprint density at radius 2 is 0.784 bits per heavy atom. The lowest BCUT2D eigenvalue weighted by Gasteiger charge is -2.40. The van der Waals surface area contributed by atoms with Crippen LogP contribution < -0.4 is 5.32 Å². The number of ether oxygens (including phenoxy) is 2. The quantitative estimate of drug-likeness (QED) is 0.0215. The number of aliphatic hydroxyl groups is 7. The van der Waals surface area contributed by atoms with E-state index in [0.717, 1.165) is 38.5 Å². The van der Waals surface area contributed by atoms with Crippen molar-refractivity contribution >= 4 is 5.91 Å². The summed E-state index contributed by atoms with van der Waals surface area (Å²) in [6, 6.07) is -1.17. The van der Waals surface area contributed by atoms with Gasteiger partial charge in [0.05, 0.1) is 25.4 Å². The van der Waals surface area contributed by atoms with Crippen LogP contribution in [0.1, 0.15) is 316 Å². The molecule has 1 fully saturated rings. The third-order valence-electron chi connectivity index (χ3n) is 15.8. The van der Waals surface area contributed by atoms with Crippen molar-refractivity contribution in [2.75, 3.05) is 13.2 Å². The molecule has 0 aliphatic carbocycles. The van der Waals surface area contributed by atoms with Crippen LogP contribution in [0.3, 0.4) is 0 Å². The molecule has 0 aromatic heterocycles. The number of aliphatic hydroxyl groups excluding tert-OH is 7. The molecule has 1 aliphatic heterocycles. The van der Waals surface area contributed by atoms with E-state index in [4.69, 9.17) is 9.47 Å². The fourth-order valence-corrected chi connectivity index (χ4v) is 10.6. The number of hydrogen-bond acceptors (Lipinski definition) is 10. The molecule has 1 rings (SSSR count). The molecule has 0 aromatic carbocycles. The van der Waals surface area contributed by atoms with Crippen molar-refractivity contribution in [1.29, 1.82) is 0 Å². The van der Waals surface area contributed by atoms with Crippen molar-refractivity contribution < 1.29 is 50.0 Å². The second kappa shape index (κ2) is 52.5. The van der Waals surface area contributed by atoms with E-state index >= 15 is 0 Å². The van der Waals surface area contributed by atoms with Crippen LogP contribution in [0.25, 0.3) is 0 Å². The van der Waals surface area contributed by atoms with E-state index in [0.29, 0.717) is 19.3 Å². The van der Waals surface area contributed by atoms with Gasteiger partial charge in [-0.3, -0.25) is 4.79 Å². The fraction of sp³-hybridized carbons (Fsp3) is 0.952. The number of hydrogen-bond donors (Lipinski definition) is 8. The predicted octanol–water partition coefficient (Wildman–Crippen LogP) is 14.3. The van der Waals surface area contributed by atoms with Gasteiger partial charge in [0.15, 0.2) is 6.29 Å². The molecule has 1 heterocycles. The van der Waals surface area contributed by atoms with E-state index in [1.807, 2.05) is 0 Å². The Labute approximate surface area is 455 Å². The highest BCUT2D eigenvalue weighted by atomic mass is 16.7. The first-order chi connectivity index (χ1) is 36.2. The third kappa shape index (κ3) is 40.1. The highest BCUT2D eigenvalue weighted by molar-refractivity contribution is 5.80. The smallest absolute Gasteiger partial charge is 0.249 e. The summed E-state index contributed by atoms with van der Waals surface area (Å²) in [5.41, 5.74) is 0. The maximum Gasteiger partial charge on any atom is 0.249 e. The van der Waals surface area contributed by atoms with Crippen LogP contribution in [0.15, 0.2) is 12.2 Å². The lowest BCUT2D eigenvalue weighted by Crippen LogP contribution is -2.60. The van der Waals surface area contributed by atoms with Gasteiger partial charge in [-0.15, -0.1) is 0 Å². The van der Waals surface area contributed by atoms with E-state index < -0.39 is 74.2 Å². The molecule has 0 saturated carbocycles. The van der Waals surface area contributed by atoms with E-state index in [2.05, 4.69) is 31.3 Å². The van der Waals surface area contributed by atoms with Gasteiger partial charge in [0, 0.05) is 0 Å². The molecule has 0 aromatic rings. The molecule has 1 amide bonds. The first kappa shape index (κ1) is 70.9. The molecule has 9 atom stereocenters. The van der Waals surface area contributed by atoms with Gasteiger partial charge in [0.2, 0.25) is 5.91 Å². The van der Waals surface area contributed by atoms with Gasteiger partial charge in [-0.2, -0.15) is 0 Å². The van der Waals surface area contributed by atoms with Crippen molar-refractivity contribution in [3.63, 3.8) is 0 Å². The molecule has 0 spiro atoms. The largest absolute Gasteiger partial charge is 0.394 e. The number of amides is 1. The third-order valence-corrected chi connectivity index (χ3v) is 15.8. The summed E-state index contributed by atoms with van der Waals surface area (Å²) in [4.78, 5) is 13.2. The molecule has 9 unspecified atom stereocenters. The van der Waals surface area contributed by atoms with E-state index in [1.165, 1.54) is 238 Å². The summed E-state index contributed by atoms with van der Waals surface area (Å²) < 4.78 is 11.2. The summed E-state index contributed by atoms with van der Waals surface area (Å²) in [6.45, 7) is 3.51. The Morgan fingerprint density at radius 3 is 1.14 bits per heavy atom. The zero-order valence-electron chi connectivity index (χ0n) is 48.4. The van der Waals surface area contributed by atoms with Crippen LogP contribution in [0.5, 0.6) is 0 Å². The lowest BCUT2D eigenvalue weighted by molar-refractivity contribution is -0.303. The second-order valence-electron chi connectivity index (χ2n) is 22.8. The van der Waals surface area contributed by atoms with E-state index in [-0.39, 0.29) is 6.42 Å². The van der Waals surface area contributed by atoms with Gasteiger partial charge >= 0.3 is 0 Å². The van der Waals surface area contributed by atoms with Gasteiger partial charge in [-0.25, -0.2) is 0 Å². The van der Waals surface area contributed by atoms with Gasteiger partial charge in [0.25, 0.3) is 0 Å². The number of unbranched alkanes of at least 4 members (excludes halogenated alkanes) is 42. The summed E-state index contributed by atoms with van der Waals surface area (Å²) in [5.74, 6) is -0.691. The molecule has 1 saturated heterocycles. The molecule has 11 heteroatoms. The molecular weight excluding hydrogens is 931 g/mol. The van der Waals surface area contributed by atoms with Crippen LogP contribution in [0, 0.1) is 0 Å². The highest BCUT2D eigenvalue weighted by Crippen LogP contribution is 2.24.